The lowest BCUT2D eigenvalue weighted by molar-refractivity contribution is 0.100. The molecule has 0 saturated carbocycles. The number of aromatic nitrogens is 2. The second-order valence-electron chi connectivity index (χ2n) is 8.43. The molecule has 1 unspecified atom stereocenters. The minimum absolute atomic E-state index is 0.195. The molecule has 2 aromatic carbocycles. The van der Waals surface area contributed by atoms with Crippen LogP contribution in [0.4, 0.5) is 10.7 Å². The minimum Gasteiger partial charge on any atom is -0.366 e. The van der Waals surface area contributed by atoms with Crippen LogP contribution in [0, 0.1) is 13.8 Å². The number of nitrogens with two attached hydrogens (primary N) is 2. The summed E-state index contributed by atoms with van der Waals surface area (Å²) in [5, 5.41) is 1.62. The number of fused-ring (bicyclic) bond motifs is 1. The zero-order valence-electron chi connectivity index (χ0n) is 19.3. The first-order valence-electron chi connectivity index (χ1n) is 11.2. The van der Waals surface area contributed by atoms with Gasteiger partial charge in [-0.2, -0.15) is 0 Å². The highest BCUT2D eigenvalue weighted by molar-refractivity contribution is 5.99. The zero-order valence-corrected chi connectivity index (χ0v) is 19.3. The third kappa shape index (κ3) is 4.04. The number of unbranched alkanes of at least 4 members (excludes halogenated alkanes) is 1. The Morgan fingerprint density at radius 3 is 2.36 bits per heavy atom. The second-order valence-corrected chi connectivity index (χ2v) is 8.43. The van der Waals surface area contributed by atoms with Crippen molar-refractivity contribution in [2.24, 2.45) is 11.5 Å². The predicted octanol–water partition coefficient (Wildman–Crippen LogP) is 3.82. The van der Waals surface area contributed by atoms with E-state index in [-0.39, 0.29) is 6.17 Å². The van der Waals surface area contributed by atoms with Gasteiger partial charge in [0.1, 0.15) is 6.17 Å². The van der Waals surface area contributed by atoms with Gasteiger partial charge in [-0.15, -0.1) is 0 Å². The van der Waals surface area contributed by atoms with Crippen LogP contribution in [-0.2, 0) is 6.54 Å². The van der Waals surface area contributed by atoms with Gasteiger partial charge in [0, 0.05) is 12.1 Å². The third-order valence-corrected chi connectivity index (χ3v) is 6.26. The van der Waals surface area contributed by atoms with Crippen molar-refractivity contribution >= 4 is 17.9 Å². The first kappa shape index (κ1) is 22.4. The van der Waals surface area contributed by atoms with Crippen LogP contribution < -0.4 is 21.4 Å². The SMILES string of the molecule is CCCCC1N(Cc2ccc(-c3ccccc3C(N)=O)cc2)c2nc(C)c(C)n2N1C(N)=O. The van der Waals surface area contributed by atoms with E-state index in [2.05, 4.69) is 11.8 Å². The number of rotatable bonds is 7. The number of carbonyl (C=O) groups excluding carboxylic acids is 2. The van der Waals surface area contributed by atoms with Crippen molar-refractivity contribution in [3.63, 3.8) is 0 Å². The molecule has 8 nitrogen and oxygen atoms in total. The van der Waals surface area contributed by atoms with Crippen LogP contribution in [0.2, 0.25) is 0 Å². The molecule has 1 aliphatic heterocycles. The lowest BCUT2D eigenvalue weighted by Gasteiger charge is -2.30. The Morgan fingerprint density at radius 1 is 1.03 bits per heavy atom. The van der Waals surface area contributed by atoms with E-state index in [4.69, 9.17) is 16.5 Å². The number of anilines is 1. The molecule has 4 N–H and O–H groups in total. The standard InChI is InChI=1S/C25H30N6O2/c1-4-5-10-22-29(25-28-16(2)17(3)30(25)31(22)24(27)33)15-18-11-13-19(14-12-18)20-8-6-7-9-21(20)23(26)32/h6-9,11-14,22H,4-5,10,15H2,1-3H3,(H2,26,32)(H2,27,33). The molecule has 8 heteroatoms. The number of primary amides is 2. The fourth-order valence-electron chi connectivity index (χ4n) is 4.45. The summed E-state index contributed by atoms with van der Waals surface area (Å²) < 4.78 is 1.84. The van der Waals surface area contributed by atoms with E-state index in [1.165, 1.54) is 0 Å². The fraction of sp³-hybridized carbons (Fsp3) is 0.320. The highest BCUT2D eigenvalue weighted by atomic mass is 16.2. The van der Waals surface area contributed by atoms with Crippen LogP contribution in [0.3, 0.4) is 0 Å². The molecular formula is C25H30N6O2. The largest absolute Gasteiger partial charge is 0.366 e. The second kappa shape index (κ2) is 8.97. The molecule has 0 aliphatic carbocycles. The fourth-order valence-corrected chi connectivity index (χ4v) is 4.45. The molecule has 1 atom stereocenters. The Morgan fingerprint density at radius 2 is 1.73 bits per heavy atom. The molecule has 3 amide bonds. The summed E-state index contributed by atoms with van der Waals surface area (Å²) in [4.78, 5) is 31.1. The van der Waals surface area contributed by atoms with Crippen LogP contribution in [0.1, 0.15) is 53.5 Å². The molecule has 0 fully saturated rings. The average Bonchev–Trinajstić information content (AvgIpc) is 3.25. The number of carbonyl (C=O) groups is 2. The monoisotopic (exact) mass is 446 g/mol. The Hall–Kier alpha value is -3.81. The molecule has 1 aliphatic rings. The van der Waals surface area contributed by atoms with Gasteiger partial charge < -0.3 is 16.4 Å². The maximum atomic E-state index is 12.4. The lowest BCUT2D eigenvalue weighted by atomic mass is 9.98. The normalized spacial score (nSPS) is 15.1. The van der Waals surface area contributed by atoms with Crippen LogP contribution in [0.25, 0.3) is 11.1 Å². The first-order valence-corrected chi connectivity index (χ1v) is 11.2. The first-order chi connectivity index (χ1) is 15.8. The minimum atomic E-state index is -0.487. The van der Waals surface area contributed by atoms with Crippen LogP contribution in [0.5, 0.6) is 0 Å². The number of urea groups is 1. The topological polar surface area (TPSA) is 110 Å². The van der Waals surface area contributed by atoms with Crippen LogP contribution >= 0.6 is 0 Å². The van der Waals surface area contributed by atoms with Crippen LogP contribution in [-0.4, -0.2) is 27.8 Å². The number of hydrogen-bond donors (Lipinski definition) is 2. The van der Waals surface area contributed by atoms with Crippen molar-refractivity contribution in [2.45, 2.75) is 52.7 Å². The van der Waals surface area contributed by atoms with Gasteiger partial charge in [-0.3, -0.25) is 4.79 Å². The Balaban J connectivity index is 1.67. The van der Waals surface area contributed by atoms with Crippen molar-refractivity contribution in [2.75, 3.05) is 9.91 Å². The van der Waals surface area contributed by atoms with E-state index in [1.807, 2.05) is 54.9 Å². The highest BCUT2D eigenvalue weighted by Crippen LogP contribution is 2.33. The van der Waals surface area contributed by atoms with E-state index in [0.717, 1.165) is 53.3 Å². The summed E-state index contributed by atoms with van der Waals surface area (Å²) in [7, 11) is 0. The van der Waals surface area contributed by atoms with Crippen molar-refractivity contribution < 1.29 is 9.59 Å². The molecule has 4 rings (SSSR count). The molecule has 172 valence electrons. The van der Waals surface area contributed by atoms with E-state index >= 15 is 0 Å². The molecule has 0 saturated heterocycles. The van der Waals surface area contributed by atoms with Gasteiger partial charge in [0.25, 0.3) is 0 Å². The molecule has 33 heavy (non-hydrogen) atoms. The average molecular weight is 447 g/mol. The molecule has 0 radical (unpaired) electrons. The van der Waals surface area contributed by atoms with E-state index < -0.39 is 11.9 Å². The van der Waals surface area contributed by atoms with Gasteiger partial charge in [0.2, 0.25) is 11.9 Å². The summed E-state index contributed by atoms with van der Waals surface area (Å²) in [6.07, 6.45) is 2.59. The van der Waals surface area contributed by atoms with Gasteiger partial charge >= 0.3 is 6.03 Å². The molecule has 2 heterocycles. The number of hydrogen-bond acceptors (Lipinski definition) is 4. The van der Waals surface area contributed by atoms with Gasteiger partial charge in [-0.05, 0) is 49.4 Å². The maximum absolute atomic E-state index is 12.4. The molecule has 1 aromatic heterocycles. The summed E-state index contributed by atoms with van der Waals surface area (Å²) in [5.41, 5.74) is 16.4. The summed E-state index contributed by atoms with van der Waals surface area (Å²) in [6, 6.07) is 14.9. The Labute approximate surface area is 193 Å². The Kier molecular flexibility index (Phi) is 6.09. The quantitative estimate of drug-likeness (QED) is 0.575. The van der Waals surface area contributed by atoms with E-state index in [1.54, 1.807) is 17.1 Å². The number of benzene rings is 2. The van der Waals surface area contributed by atoms with Crippen molar-refractivity contribution in [1.82, 2.24) is 9.66 Å². The summed E-state index contributed by atoms with van der Waals surface area (Å²) >= 11 is 0. The molecule has 3 aromatic rings. The lowest BCUT2D eigenvalue weighted by Crippen LogP contribution is -2.52. The van der Waals surface area contributed by atoms with Gasteiger partial charge in [-0.1, -0.05) is 55.8 Å². The summed E-state index contributed by atoms with van der Waals surface area (Å²) in [6.45, 7) is 6.59. The summed E-state index contributed by atoms with van der Waals surface area (Å²) in [5.74, 6) is 0.280. The number of imidazole rings is 1. The molecule has 0 spiro atoms. The van der Waals surface area contributed by atoms with E-state index in [9.17, 15) is 9.59 Å². The van der Waals surface area contributed by atoms with Crippen molar-refractivity contribution in [3.8, 4) is 11.1 Å². The van der Waals surface area contributed by atoms with Crippen molar-refractivity contribution in [1.29, 1.82) is 0 Å². The maximum Gasteiger partial charge on any atom is 0.336 e. The van der Waals surface area contributed by atoms with Gasteiger partial charge in [-0.25, -0.2) is 19.5 Å². The smallest absolute Gasteiger partial charge is 0.336 e. The molecule has 0 bridgehead atoms. The third-order valence-electron chi connectivity index (χ3n) is 6.26. The highest BCUT2D eigenvalue weighted by Gasteiger charge is 2.41. The van der Waals surface area contributed by atoms with E-state index in [0.29, 0.717) is 12.1 Å². The van der Waals surface area contributed by atoms with Crippen molar-refractivity contribution in [3.05, 3.63) is 71.0 Å². The van der Waals surface area contributed by atoms with Crippen LogP contribution in [0.15, 0.2) is 48.5 Å². The molecular weight excluding hydrogens is 416 g/mol. The number of amides is 3. The zero-order chi connectivity index (χ0) is 23.7. The Bertz CT molecular complexity index is 1180. The predicted molar refractivity (Wildman–Crippen MR) is 129 cm³/mol. The van der Waals surface area contributed by atoms with Gasteiger partial charge in [0.05, 0.1) is 11.4 Å². The van der Waals surface area contributed by atoms with Gasteiger partial charge in [0.15, 0.2) is 0 Å². The number of nitrogens with zero attached hydrogens (tertiary/aromatic N) is 4. The number of aryl methyl sites for hydroxylation is 1.